The van der Waals surface area contributed by atoms with E-state index in [-0.39, 0.29) is 68.3 Å². The van der Waals surface area contributed by atoms with Gasteiger partial charge < -0.3 is 32.7 Å². The molecule has 13 nitrogen and oxygen atoms in total. The molecule has 0 aliphatic carbocycles. The molecule has 1 aromatic carbocycles. The molecule has 1 saturated heterocycles. The van der Waals surface area contributed by atoms with Crippen LogP contribution in [-0.4, -0.2) is 65.2 Å². The Morgan fingerprint density at radius 1 is 1.20 bits per heavy atom. The highest BCUT2D eigenvalue weighted by molar-refractivity contribution is 5.98. The van der Waals surface area contributed by atoms with Crippen molar-refractivity contribution in [1.29, 1.82) is 0 Å². The predicted octanol–water partition coefficient (Wildman–Crippen LogP) is 0.255. The Morgan fingerprint density at radius 2 is 1.86 bits per heavy atom. The van der Waals surface area contributed by atoms with Crippen molar-refractivity contribution in [3.8, 4) is 0 Å². The lowest BCUT2D eigenvalue weighted by Crippen LogP contribution is -2.52. The van der Waals surface area contributed by atoms with Gasteiger partial charge in [0.1, 0.15) is 12.1 Å². The van der Waals surface area contributed by atoms with Gasteiger partial charge in [-0.05, 0) is 37.8 Å². The number of nitrogens with one attached hydrogen (secondary N) is 2. The van der Waals surface area contributed by atoms with E-state index < -0.39 is 28.8 Å². The summed E-state index contributed by atoms with van der Waals surface area (Å²) in [5.41, 5.74) is 16.3. The number of non-ortho nitro benzene ring substituents is 1. The molecule has 8 N–H and O–H groups in total. The number of rotatable bonds is 11. The fourth-order valence-corrected chi connectivity index (χ4v) is 3.54. The maximum absolute atomic E-state index is 12.9. The lowest BCUT2D eigenvalue weighted by Gasteiger charge is -2.26. The van der Waals surface area contributed by atoms with Crippen LogP contribution in [0.2, 0.25) is 0 Å². The fraction of sp³-hybridized carbons (Fsp3) is 0.500. The molecule has 2 atom stereocenters. The molecule has 196 valence electrons. The molecule has 0 bridgehead atoms. The van der Waals surface area contributed by atoms with Gasteiger partial charge in [-0.3, -0.25) is 29.5 Å². The smallest absolute Gasteiger partial charge is 0.269 e. The quantitative estimate of drug-likeness (QED) is 0.0869. The van der Waals surface area contributed by atoms with Gasteiger partial charge >= 0.3 is 0 Å². The second-order valence-electron chi connectivity index (χ2n) is 7.59. The number of likely N-dealkylation sites (tertiary alicyclic amines) is 1. The number of halogens is 2. The molecule has 1 aliphatic heterocycles. The van der Waals surface area contributed by atoms with Gasteiger partial charge in [0.25, 0.3) is 5.69 Å². The van der Waals surface area contributed by atoms with Crippen molar-refractivity contribution in [2.45, 2.75) is 44.2 Å². The lowest BCUT2D eigenvalue weighted by molar-refractivity contribution is -0.384. The number of amides is 3. The minimum absolute atomic E-state index is 0. The molecule has 1 fully saturated rings. The highest BCUT2D eigenvalue weighted by Crippen LogP contribution is 2.19. The van der Waals surface area contributed by atoms with E-state index in [1.807, 2.05) is 0 Å². The van der Waals surface area contributed by atoms with E-state index in [9.17, 15) is 24.5 Å². The van der Waals surface area contributed by atoms with Crippen molar-refractivity contribution in [3.63, 3.8) is 0 Å². The molecule has 0 unspecified atom stereocenters. The third-order valence-corrected chi connectivity index (χ3v) is 5.16. The summed E-state index contributed by atoms with van der Waals surface area (Å²) in [5.74, 6) is -1.20. The minimum Gasteiger partial charge on any atom is -0.370 e. The number of nitro groups is 1. The zero-order valence-corrected chi connectivity index (χ0v) is 20.7. The first-order valence-corrected chi connectivity index (χ1v) is 10.6. The molecular formula is C20H32Cl2N8O5. The molecule has 0 saturated carbocycles. The zero-order valence-electron chi connectivity index (χ0n) is 19.1. The van der Waals surface area contributed by atoms with E-state index in [2.05, 4.69) is 15.6 Å². The summed E-state index contributed by atoms with van der Waals surface area (Å²) in [6.45, 7) is 0.917. The third kappa shape index (κ3) is 9.92. The van der Waals surface area contributed by atoms with E-state index in [4.69, 9.17) is 17.2 Å². The molecular weight excluding hydrogens is 503 g/mol. The Kier molecular flexibility index (Phi) is 14.3. The first kappa shape index (κ1) is 31.8. The van der Waals surface area contributed by atoms with Crippen LogP contribution >= 0.6 is 24.8 Å². The van der Waals surface area contributed by atoms with Crippen LogP contribution in [0.3, 0.4) is 0 Å². The van der Waals surface area contributed by atoms with Crippen LogP contribution < -0.4 is 27.8 Å². The molecule has 15 heteroatoms. The maximum Gasteiger partial charge on any atom is 0.269 e. The van der Waals surface area contributed by atoms with Gasteiger partial charge in [0.15, 0.2) is 5.96 Å². The number of anilines is 1. The van der Waals surface area contributed by atoms with Crippen LogP contribution in [-0.2, 0) is 14.4 Å². The first-order valence-electron chi connectivity index (χ1n) is 10.6. The monoisotopic (exact) mass is 534 g/mol. The van der Waals surface area contributed by atoms with Gasteiger partial charge in [-0.25, -0.2) is 0 Å². The third-order valence-electron chi connectivity index (χ3n) is 5.16. The number of carbonyl (C=O) groups is 3. The summed E-state index contributed by atoms with van der Waals surface area (Å²) in [6, 6.07) is 3.74. The van der Waals surface area contributed by atoms with E-state index in [1.54, 1.807) is 0 Å². The van der Waals surface area contributed by atoms with Crippen molar-refractivity contribution in [2.24, 2.45) is 22.2 Å². The SMILES string of the molecule is Cl.Cl.NCCC(=O)N1CCC[C@H]1C(=O)N[C@@H](CCCN=C(N)N)C(=O)Nc1ccc([N+](=O)[O-])cc1. The largest absolute Gasteiger partial charge is 0.370 e. The Hall–Kier alpha value is -3.16. The van der Waals surface area contributed by atoms with Crippen LogP contribution in [0.4, 0.5) is 11.4 Å². The maximum atomic E-state index is 12.9. The Bertz CT molecular complexity index is 896. The van der Waals surface area contributed by atoms with Gasteiger partial charge in [0.05, 0.1) is 4.92 Å². The normalized spacial score (nSPS) is 15.1. The average Bonchev–Trinajstić information content (AvgIpc) is 3.26. The second kappa shape index (κ2) is 15.7. The number of aliphatic imine (C=N–C) groups is 1. The molecule has 1 aliphatic rings. The van der Waals surface area contributed by atoms with Gasteiger partial charge in [-0.1, -0.05) is 0 Å². The van der Waals surface area contributed by atoms with Crippen molar-refractivity contribution in [1.82, 2.24) is 10.2 Å². The summed E-state index contributed by atoms with van der Waals surface area (Å²) in [6.07, 6.45) is 1.97. The summed E-state index contributed by atoms with van der Waals surface area (Å²) in [4.78, 5) is 53.7. The van der Waals surface area contributed by atoms with E-state index >= 15 is 0 Å². The summed E-state index contributed by atoms with van der Waals surface area (Å²) in [5, 5.41) is 16.2. The van der Waals surface area contributed by atoms with E-state index in [1.165, 1.54) is 29.2 Å². The van der Waals surface area contributed by atoms with E-state index in [0.717, 1.165) is 0 Å². The summed E-state index contributed by atoms with van der Waals surface area (Å²) >= 11 is 0. The van der Waals surface area contributed by atoms with Crippen molar-refractivity contribution in [2.75, 3.05) is 25.0 Å². The van der Waals surface area contributed by atoms with Gasteiger partial charge in [0.2, 0.25) is 17.7 Å². The summed E-state index contributed by atoms with van der Waals surface area (Å²) in [7, 11) is 0. The van der Waals surface area contributed by atoms with Crippen LogP contribution in [0, 0.1) is 10.1 Å². The van der Waals surface area contributed by atoms with Crippen molar-refractivity contribution >= 4 is 59.9 Å². The minimum atomic E-state index is -0.922. The van der Waals surface area contributed by atoms with Gasteiger partial charge in [-0.15, -0.1) is 24.8 Å². The van der Waals surface area contributed by atoms with Crippen molar-refractivity contribution < 1.29 is 19.3 Å². The molecule has 35 heavy (non-hydrogen) atoms. The van der Waals surface area contributed by atoms with Crippen LogP contribution in [0.1, 0.15) is 32.1 Å². The van der Waals surface area contributed by atoms with Crippen LogP contribution in [0.25, 0.3) is 0 Å². The molecule has 0 radical (unpaired) electrons. The highest BCUT2D eigenvalue weighted by atomic mass is 35.5. The standard InChI is InChI=1S/C20H30N8O5.2ClH/c21-10-9-17(29)27-12-2-4-16(27)19(31)26-15(3-1-11-24-20(22)23)18(30)25-13-5-7-14(8-6-13)28(32)33;;/h5-8,15-16H,1-4,9-12,21H2,(H,25,30)(H,26,31)(H4,22,23,24);2*1H/t15-,16-;;/m0../s1. The predicted molar refractivity (Wildman–Crippen MR) is 136 cm³/mol. The molecule has 1 aromatic rings. The molecule has 3 amide bonds. The average molecular weight is 535 g/mol. The number of carbonyl (C=O) groups excluding carboxylic acids is 3. The van der Waals surface area contributed by atoms with Gasteiger partial charge in [0, 0.05) is 43.9 Å². The van der Waals surface area contributed by atoms with E-state index in [0.29, 0.717) is 31.5 Å². The van der Waals surface area contributed by atoms with Crippen molar-refractivity contribution in [3.05, 3.63) is 34.4 Å². The number of nitro benzene ring substituents is 1. The Labute approximate surface area is 215 Å². The topological polar surface area (TPSA) is 212 Å². The highest BCUT2D eigenvalue weighted by Gasteiger charge is 2.35. The zero-order chi connectivity index (χ0) is 24.4. The number of hydrogen-bond donors (Lipinski definition) is 5. The fourth-order valence-electron chi connectivity index (χ4n) is 3.54. The Balaban J connectivity index is 0.00000578. The molecule has 1 heterocycles. The Morgan fingerprint density at radius 3 is 2.43 bits per heavy atom. The lowest BCUT2D eigenvalue weighted by atomic mass is 10.1. The number of nitrogens with zero attached hydrogens (tertiary/aromatic N) is 3. The van der Waals surface area contributed by atoms with Crippen LogP contribution in [0.5, 0.6) is 0 Å². The first-order chi connectivity index (χ1) is 15.7. The van der Waals surface area contributed by atoms with Crippen LogP contribution in [0.15, 0.2) is 29.3 Å². The molecule has 0 aromatic heterocycles. The summed E-state index contributed by atoms with van der Waals surface area (Å²) < 4.78 is 0. The molecule has 0 spiro atoms. The number of guanidine groups is 1. The number of hydrogen-bond acceptors (Lipinski definition) is 7. The second-order valence-corrected chi connectivity index (χ2v) is 7.59. The number of nitrogens with two attached hydrogens (primary N) is 3. The number of benzene rings is 1. The van der Waals surface area contributed by atoms with Gasteiger partial charge in [-0.2, -0.15) is 0 Å². The molecule has 2 rings (SSSR count).